The molecule has 2 aromatic rings. The first kappa shape index (κ1) is 10.8. The van der Waals surface area contributed by atoms with Gasteiger partial charge in [-0.2, -0.15) is 5.10 Å². The van der Waals surface area contributed by atoms with Crippen molar-refractivity contribution in [3.63, 3.8) is 0 Å². The Balaban J connectivity index is 2.18. The zero-order valence-corrected chi connectivity index (χ0v) is 10.3. The molecule has 90 valence electrons. The van der Waals surface area contributed by atoms with Gasteiger partial charge in [-0.15, -0.1) is 0 Å². The Labute approximate surface area is 102 Å². The maximum absolute atomic E-state index is 5.79. The summed E-state index contributed by atoms with van der Waals surface area (Å²) in [6.45, 7) is 0.763. The zero-order chi connectivity index (χ0) is 11.9. The molecule has 17 heavy (non-hydrogen) atoms. The number of fused-ring (bicyclic) bond motifs is 1. The highest BCUT2D eigenvalue weighted by Crippen LogP contribution is 2.48. The molecule has 0 radical (unpaired) electrons. The molecular formula is C14H19N3. The summed E-state index contributed by atoms with van der Waals surface area (Å²) >= 11 is 0. The van der Waals surface area contributed by atoms with Crippen molar-refractivity contribution in [1.29, 1.82) is 0 Å². The van der Waals surface area contributed by atoms with Gasteiger partial charge in [0.25, 0.3) is 0 Å². The molecule has 3 rings (SSSR count). The van der Waals surface area contributed by atoms with E-state index in [4.69, 9.17) is 5.73 Å². The predicted molar refractivity (Wildman–Crippen MR) is 69.9 cm³/mol. The second kappa shape index (κ2) is 3.84. The van der Waals surface area contributed by atoms with E-state index in [-0.39, 0.29) is 0 Å². The van der Waals surface area contributed by atoms with Gasteiger partial charge in [-0.05, 0) is 31.9 Å². The fourth-order valence-electron chi connectivity index (χ4n) is 3.26. The van der Waals surface area contributed by atoms with E-state index in [1.54, 1.807) is 0 Å². The van der Waals surface area contributed by atoms with E-state index in [1.807, 2.05) is 0 Å². The Morgan fingerprint density at radius 2 is 2.12 bits per heavy atom. The van der Waals surface area contributed by atoms with Crippen LogP contribution in [-0.2, 0) is 12.5 Å². The summed E-state index contributed by atoms with van der Waals surface area (Å²) in [5.41, 5.74) is 8.58. The summed E-state index contributed by atoms with van der Waals surface area (Å²) in [5, 5.41) is 5.93. The highest BCUT2D eigenvalue weighted by Gasteiger charge is 2.41. The molecule has 0 aliphatic heterocycles. The Hall–Kier alpha value is -1.35. The Morgan fingerprint density at radius 1 is 1.35 bits per heavy atom. The lowest BCUT2D eigenvalue weighted by Gasteiger charge is -2.42. The van der Waals surface area contributed by atoms with Gasteiger partial charge in [0.1, 0.15) is 0 Å². The van der Waals surface area contributed by atoms with Crippen LogP contribution in [0.4, 0.5) is 0 Å². The third-order valence-corrected chi connectivity index (χ3v) is 4.18. The van der Waals surface area contributed by atoms with E-state index in [0.29, 0.717) is 5.41 Å². The molecular weight excluding hydrogens is 210 g/mol. The Bertz CT molecular complexity index is 537. The molecule has 0 atom stereocenters. The molecule has 0 amide bonds. The van der Waals surface area contributed by atoms with Gasteiger partial charge < -0.3 is 5.73 Å². The second-order valence-corrected chi connectivity index (χ2v) is 5.16. The standard InChI is InChI=1S/C14H19N3/c1-17-13(14(9-10-15)7-4-8-14)11-5-2-3-6-12(11)16-17/h2-3,5-6H,4,7-10,15H2,1H3. The minimum atomic E-state index is 0.291. The van der Waals surface area contributed by atoms with Crippen LogP contribution in [0.2, 0.25) is 0 Å². The van der Waals surface area contributed by atoms with Crippen LogP contribution in [0.3, 0.4) is 0 Å². The van der Waals surface area contributed by atoms with E-state index in [9.17, 15) is 0 Å². The minimum Gasteiger partial charge on any atom is -0.330 e. The predicted octanol–water partition coefficient (Wildman–Crippen LogP) is 2.34. The lowest BCUT2D eigenvalue weighted by atomic mass is 9.64. The van der Waals surface area contributed by atoms with Gasteiger partial charge in [-0.3, -0.25) is 4.68 Å². The zero-order valence-electron chi connectivity index (χ0n) is 10.3. The van der Waals surface area contributed by atoms with Crippen molar-refractivity contribution in [3.05, 3.63) is 30.0 Å². The summed E-state index contributed by atoms with van der Waals surface area (Å²) in [6, 6.07) is 8.43. The molecule has 1 aromatic heterocycles. The molecule has 1 aromatic carbocycles. The van der Waals surface area contributed by atoms with Crippen LogP contribution in [0.1, 0.15) is 31.4 Å². The lowest BCUT2D eigenvalue weighted by Crippen LogP contribution is -2.38. The van der Waals surface area contributed by atoms with Crippen LogP contribution in [0.15, 0.2) is 24.3 Å². The SMILES string of the molecule is Cn1nc2ccccc2c1C1(CCN)CCC1. The van der Waals surface area contributed by atoms with E-state index in [2.05, 4.69) is 41.1 Å². The molecule has 0 bridgehead atoms. The van der Waals surface area contributed by atoms with Crippen molar-refractivity contribution in [2.24, 2.45) is 12.8 Å². The molecule has 3 nitrogen and oxygen atoms in total. The largest absolute Gasteiger partial charge is 0.330 e. The van der Waals surface area contributed by atoms with Crippen LogP contribution < -0.4 is 5.73 Å². The minimum absolute atomic E-state index is 0.291. The average Bonchev–Trinajstić information content (AvgIpc) is 2.60. The van der Waals surface area contributed by atoms with Crippen LogP contribution in [0, 0.1) is 0 Å². The fourth-order valence-corrected chi connectivity index (χ4v) is 3.26. The van der Waals surface area contributed by atoms with Crippen molar-refractivity contribution in [2.75, 3.05) is 6.54 Å². The first-order valence-corrected chi connectivity index (χ1v) is 6.39. The smallest absolute Gasteiger partial charge is 0.0926 e. The average molecular weight is 229 g/mol. The molecule has 0 spiro atoms. The van der Waals surface area contributed by atoms with Crippen molar-refractivity contribution >= 4 is 10.9 Å². The number of benzene rings is 1. The molecule has 1 saturated carbocycles. The van der Waals surface area contributed by atoms with E-state index in [0.717, 1.165) is 18.5 Å². The number of hydrogen-bond donors (Lipinski definition) is 1. The van der Waals surface area contributed by atoms with Crippen LogP contribution in [0.5, 0.6) is 0 Å². The number of hydrogen-bond acceptors (Lipinski definition) is 2. The second-order valence-electron chi connectivity index (χ2n) is 5.16. The summed E-state index contributed by atoms with van der Waals surface area (Å²) in [4.78, 5) is 0. The normalized spacial score (nSPS) is 18.2. The van der Waals surface area contributed by atoms with Crippen molar-refractivity contribution in [3.8, 4) is 0 Å². The first-order valence-electron chi connectivity index (χ1n) is 6.39. The van der Waals surface area contributed by atoms with Gasteiger partial charge in [0.15, 0.2) is 0 Å². The number of aryl methyl sites for hydroxylation is 1. The molecule has 1 aliphatic carbocycles. The maximum atomic E-state index is 5.79. The third-order valence-electron chi connectivity index (χ3n) is 4.18. The Kier molecular flexibility index (Phi) is 2.44. The van der Waals surface area contributed by atoms with Gasteiger partial charge in [0.2, 0.25) is 0 Å². The third kappa shape index (κ3) is 1.49. The molecule has 1 heterocycles. The van der Waals surface area contributed by atoms with Gasteiger partial charge in [0, 0.05) is 17.8 Å². The maximum Gasteiger partial charge on any atom is 0.0926 e. The number of aromatic nitrogens is 2. The first-order chi connectivity index (χ1) is 8.27. The molecule has 1 aliphatic rings. The summed E-state index contributed by atoms with van der Waals surface area (Å²) in [7, 11) is 2.06. The molecule has 0 unspecified atom stereocenters. The van der Waals surface area contributed by atoms with Gasteiger partial charge in [-0.1, -0.05) is 24.6 Å². The number of nitrogens with zero attached hydrogens (tertiary/aromatic N) is 2. The molecule has 3 heteroatoms. The van der Waals surface area contributed by atoms with Crippen LogP contribution in [-0.4, -0.2) is 16.3 Å². The van der Waals surface area contributed by atoms with Crippen LogP contribution >= 0.6 is 0 Å². The van der Waals surface area contributed by atoms with E-state index < -0.39 is 0 Å². The van der Waals surface area contributed by atoms with Crippen LogP contribution in [0.25, 0.3) is 10.9 Å². The number of nitrogens with two attached hydrogens (primary N) is 1. The van der Waals surface area contributed by atoms with Gasteiger partial charge in [0.05, 0.1) is 11.2 Å². The molecule has 2 N–H and O–H groups in total. The summed E-state index contributed by atoms with van der Waals surface area (Å²) in [5.74, 6) is 0. The van der Waals surface area contributed by atoms with Crippen molar-refractivity contribution < 1.29 is 0 Å². The van der Waals surface area contributed by atoms with Crippen molar-refractivity contribution in [1.82, 2.24) is 9.78 Å². The molecule has 0 saturated heterocycles. The van der Waals surface area contributed by atoms with Crippen molar-refractivity contribution in [2.45, 2.75) is 31.1 Å². The highest BCUT2D eigenvalue weighted by atomic mass is 15.3. The van der Waals surface area contributed by atoms with Gasteiger partial charge >= 0.3 is 0 Å². The topological polar surface area (TPSA) is 43.8 Å². The monoisotopic (exact) mass is 229 g/mol. The number of rotatable bonds is 3. The highest BCUT2D eigenvalue weighted by molar-refractivity contribution is 5.82. The Morgan fingerprint density at radius 3 is 2.76 bits per heavy atom. The quantitative estimate of drug-likeness (QED) is 0.878. The summed E-state index contributed by atoms with van der Waals surface area (Å²) in [6.07, 6.45) is 4.91. The fraction of sp³-hybridized carbons (Fsp3) is 0.500. The lowest BCUT2D eigenvalue weighted by molar-refractivity contribution is 0.217. The molecule has 1 fully saturated rings. The van der Waals surface area contributed by atoms with E-state index in [1.165, 1.54) is 30.3 Å². The summed E-state index contributed by atoms with van der Waals surface area (Å²) < 4.78 is 2.07. The van der Waals surface area contributed by atoms with Gasteiger partial charge in [-0.25, -0.2) is 0 Å². The van der Waals surface area contributed by atoms with E-state index >= 15 is 0 Å².